The van der Waals surface area contributed by atoms with E-state index in [1.807, 2.05) is 48.7 Å². The molecule has 0 aliphatic rings. The predicted molar refractivity (Wildman–Crippen MR) is 100 cm³/mol. The van der Waals surface area contributed by atoms with Gasteiger partial charge in [0.15, 0.2) is 0 Å². The highest BCUT2D eigenvalue weighted by Gasteiger charge is 2.09. The van der Waals surface area contributed by atoms with Gasteiger partial charge in [-0.05, 0) is 30.0 Å². The number of aromatic nitrogens is 1. The number of aryl methyl sites for hydroxylation is 1. The third-order valence-electron chi connectivity index (χ3n) is 4.37. The van der Waals surface area contributed by atoms with Crippen molar-refractivity contribution in [2.24, 2.45) is 0 Å². The van der Waals surface area contributed by atoms with Crippen LogP contribution >= 0.6 is 0 Å². The summed E-state index contributed by atoms with van der Waals surface area (Å²) in [4.78, 5) is 15.2. The van der Waals surface area contributed by atoms with Crippen molar-refractivity contribution in [1.29, 1.82) is 0 Å². The zero-order valence-corrected chi connectivity index (χ0v) is 14.2. The lowest BCUT2D eigenvalue weighted by Crippen LogP contribution is -2.33. The number of hydrogen-bond donors (Lipinski definition) is 3. The van der Waals surface area contributed by atoms with Crippen LogP contribution in [0.5, 0.6) is 0 Å². The normalized spacial score (nSPS) is 12.2. The number of fused-ring (bicyclic) bond motifs is 1. The van der Waals surface area contributed by atoms with E-state index in [4.69, 9.17) is 0 Å². The van der Waals surface area contributed by atoms with Crippen LogP contribution in [0.15, 0.2) is 60.8 Å². The lowest BCUT2D eigenvalue weighted by Gasteiger charge is -2.12. The Morgan fingerprint density at radius 3 is 2.68 bits per heavy atom. The van der Waals surface area contributed by atoms with Gasteiger partial charge in [-0.1, -0.05) is 48.5 Å². The summed E-state index contributed by atoms with van der Waals surface area (Å²) in [6.45, 7) is 0.292. The van der Waals surface area contributed by atoms with Crippen LogP contribution in [0.1, 0.15) is 24.0 Å². The minimum Gasteiger partial charge on any atom is -0.391 e. The second-order valence-corrected chi connectivity index (χ2v) is 6.36. The maximum atomic E-state index is 12.0. The number of para-hydroxylation sites is 1. The average Bonchev–Trinajstić information content (AvgIpc) is 3.04. The maximum Gasteiger partial charge on any atom is 0.220 e. The molecule has 3 rings (SSSR count). The summed E-state index contributed by atoms with van der Waals surface area (Å²) in [7, 11) is 0. The van der Waals surface area contributed by atoms with Gasteiger partial charge in [-0.15, -0.1) is 0 Å². The number of aromatic amines is 1. The van der Waals surface area contributed by atoms with Gasteiger partial charge in [-0.25, -0.2) is 0 Å². The first-order valence-electron chi connectivity index (χ1n) is 8.76. The topological polar surface area (TPSA) is 65.1 Å². The Hall–Kier alpha value is -2.59. The lowest BCUT2D eigenvalue weighted by atomic mass is 10.1. The van der Waals surface area contributed by atoms with E-state index in [1.165, 1.54) is 10.9 Å². The molecule has 130 valence electrons. The minimum atomic E-state index is -0.556. The summed E-state index contributed by atoms with van der Waals surface area (Å²) in [6, 6.07) is 18.0. The van der Waals surface area contributed by atoms with Crippen LogP contribution in [0.25, 0.3) is 10.9 Å². The summed E-state index contributed by atoms with van der Waals surface area (Å²) in [5.74, 6) is -0.00745. The molecule has 1 atom stereocenters. The second kappa shape index (κ2) is 8.49. The number of carbonyl (C=O) groups excluding carboxylic acids is 1. The molecule has 0 unspecified atom stereocenters. The number of nitrogens with one attached hydrogen (secondary N) is 2. The van der Waals surface area contributed by atoms with E-state index in [9.17, 15) is 9.90 Å². The fraction of sp³-hybridized carbons (Fsp3) is 0.286. The molecule has 0 spiro atoms. The SMILES string of the molecule is O=C(CCCc1c[nH]c2ccccc12)NC[C@H](O)Cc1ccccc1. The number of benzene rings is 2. The molecule has 1 amide bonds. The fourth-order valence-electron chi connectivity index (χ4n) is 3.06. The van der Waals surface area contributed by atoms with Crippen LogP contribution in [0, 0.1) is 0 Å². The van der Waals surface area contributed by atoms with Crippen molar-refractivity contribution in [2.75, 3.05) is 6.54 Å². The van der Waals surface area contributed by atoms with Crippen molar-refractivity contribution in [3.63, 3.8) is 0 Å². The smallest absolute Gasteiger partial charge is 0.220 e. The zero-order valence-electron chi connectivity index (χ0n) is 14.2. The monoisotopic (exact) mass is 336 g/mol. The molecule has 0 radical (unpaired) electrons. The number of rotatable bonds is 8. The Morgan fingerprint density at radius 1 is 1.08 bits per heavy atom. The molecule has 0 saturated carbocycles. The molecule has 0 bridgehead atoms. The van der Waals surface area contributed by atoms with Gasteiger partial charge in [0.25, 0.3) is 0 Å². The van der Waals surface area contributed by atoms with E-state index in [1.54, 1.807) is 0 Å². The van der Waals surface area contributed by atoms with Gasteiger partial charge in [0, 0.05) is 36.5 Å². The number of H-pyrrole nitrogens is 1. The van der Waals surface area contributed by atoms with Crippen molar-refractivity contribution in [2.45, 2.75) is 31.8 Å². The first kappa shape index (κ1) is 17.2. The number of aliphatic hydroxyl groups is 1. The van der Waals surface area contributed by atoms with Crippen LogP contribution in [0.2, 0.25) is 0 Å². The molecule has 4 nitrogen and oxygen atoms in total. The lowest BCUT2D eigenvalue weighted by molar-refractivity contribution is -0.121. The molecule has 4 heteroatoms. The molecule has 25 heavy (non-hydrogen) atoms. The summed E-state index contributed by atoms with van der Waals surface area (Å²) >= 11 is 0. The number of amides is 1. The van der Waals surface area contributed by atoms with E-state index in [0.29, 0.717) is 19.4 Å². The highest BCUT2D eigenvalue weighted by molar-refractivity contribution is 5.83. The molecular formula is C21H24N2O2. The van der Waals surface area contributed by atoms with Gasteiger partial charge in [-0.2, -0.15) is 0 Å². The Morgan fingerprint density at radius 2 is 1.84 bits per heavy atom. The van der Waals surface area contributed by atoms with Crippen LogP contribution in [0.3, 0.4) is 0 Å². The second-order valence-electron chi connectivity index (χ2n) is 6.36. The summed E-state index contributed by atoms with van der Waals surface area (Å²) in [5.41, 5.74) is 3.45. The van der Waals surface area contributed by atoms with E-state index < -0.39 is 6.10 Å². The number of carbonyl (C=O) groups is 1. The summed E-state index contributed by atoms with van der Waals surface area (Å²) in [6.07, 6.45) is 4.15. The zero-order chi connectivity index (χ0) is 17.5. The summed E-state index contributed by atoms with van der Waals surface area (Å²) < 4.78 is 0. The molecular weight excluding hydrogens is 312 g/mol. The van der Waals surface area contributed by atoms with E-state index in [0.717, 1.165) is 23.9 Å². The van der Waals surface area contributed by atoms with Crippen LogP contribution < -0.4 is 5.32 Å². The Bertz CT molecular complexity index is 811. The van der Waals surface area contributed by atoms with Crippen LogP contribution in [-0.2, 0) is 17.6 Å². The maximum absolute atomic E-state index is 12.0. The van der Waals surface area contributed by atoms with Crippen LogP contribution in [0.4, 0.5) is 0 Å². The van der Waals surface area contributed by atoms with Crippen LogP contribution in [-0.4, -0.2) is 28.6 Å². The molecule has 0 saturated heterocycles. The average molecular weight is 336 g/mol. The molecule has 2 aromatic carbocycles. The Balaban J connectivity index is 1.38. The highest BCUT2D eigenvalue weighted by Crippen LogP contribution is 2.19. The van der Waals surface area contributed by atoms with Gasteiger partial charge in [0.05, 0.1) is 6.10 Å². The highest BCUT2D eigenvalue weighted by atomic mass is 16.3. The quantitative estimate of drug-likeness (QED) is 0.591. The number of aliphatic hydroxyl groups excluding tert-OH is 1. The minimum absolute atomic E-state index is 0.00745. The third-order valence-corrected chi connectivity index (χ3v) is 4.37. The van der Waals surface area contributed by atoms with Gasteiger partial charge in [0.1, 0.15) is 0 Å². The van der Waals surface area contributed by atoms with Crippen molar-refractivity contribution in [3.8, 4) is 0 Å². The van der Waals surface area contributed by atoms with Gasteiger partial charge < -0.3 is 15.4 Å². The molecule has 3 aromatic rings. The molecule has 1 heterocycles. The molecule has 0 fully saturated rings. The summed E-state index contributed by atoms with van der Waals surface area (Å²) in [5, 5.41) is 14.1. The van der Waals surface area contributed by atoms with Crippen molar-refractivity contribution in [3.05, 3.63) is 71.9 Å². The Kier molecular flexibility index (Phi) is 5.86. The molecule has 1 aromatic heterocycles. The largest absolute Gasteiger partial charge is 0.391 e. The molecule has 0 aliphatic carbocycles. The number of hydrogen-bond acceptors (Lipinski definition) is 2. The van der Waals surface area contributed by atoms with E-state index in [2.05, 4.69) is 22.4 Å². The molecule has 3 N–H and O–H groups in total. The van der Waals surface area contributed by atoms with E-state index in [-0.39, 0.29) is 5.91 Å². The van der Waals surface area contributed by atoms with Crippen molar-refractivity contribution < 1.29 is 9.90 Å². The third kappa shape index (κ3) is 4.94. The molecule has 0 aliphatic heterocycles. The van der Waals surface area contributed by atoms with Gasteiger partial charge in [-0.3, -0.25) is 4.79 Å². The predicted octanol–water partition coefficient (Wildman–Crippen LogP) is 3.21. The fourth-order valence-corrected chi connectivity index (χ4v) is 3.06. The Labute approximate surface area is 147 Å². The first-order valence-corrected chi connectivity index (χ1v) is 8.76. The standard InChI is InChI=1S/C21H24N2O2/c24-18(13-16-7-2-1-3-8-16)15-23-21(25)12-6-9-17-14-22-20-11-5-4-10-19(17)20/h1-5,7-8,10-11,14,18,22,24H,6,9,12-13,15H2,(H,23,25)/t18-/m1/s1. The van der Waals surface area contributed by atoms with E-state index >= 15 is 0 Å². The first-order chi connectivity index (χ1) is 12.2. The van der Waals surface area contributed by atoms with Gasteiger partial charge in [0.2, 0.25) is 5.91 Å². The van der Waals surface area contributed by atoms with Crippen molar-refractivity contribution >= 4 is 16.8 Å². The van der Waals surface area contributed by atoms with Crippen molar-refractivity contribution in [1.82, 2.24) is 10.3 Å². The van der Waals surface area contributed by atoms with Gasteiger partial charge >= 0.3 is 0 Å².